The fourth-order valence-electron chi connectivity index (χ4n) is 1.05. The van der Waals surface area contributed by atoms with Gasteiger partial charge in [0, 0.05) is 12.6 Å². The van der Waals surface area contributed by atoms with Crippen molar-refractivity contribution in [3.05, 3.63) is 28.5 Å². The van der Waals surface area contributed by atoms with Crippen LogP contribution < -0.4 is 10.7 Å². The molecule has 0 radical (unpaired) electrons. The second kappa shape index (κ2) is 4.42. The predicted molar refractivity (Wildman–Crippen MR) is 48.7 cm³/mol. The van der Waals surface area contributed by atoms with E-state index in [0.29, 0.717) is 5.01 Å². The minimum Gasteiger partial charge on any atom is -0.479 e. The van der Waals surface area contributed by atoms with Gasteiger partial charge in [0.25, 0.3) is 5.88 Å². The Bertz CT molecular complexity index is 350. The Hall–Kier alpha value is -2.09. The number of anilines is 1. The van der Waals surface area contributed by atoms with Gasteiger partial charge < -0.3 is 15.3 Å². The van der Waals surface area contributed by atoms with Gasteiger partial charge in [0.05, 0.1) is 6.26 Å². The molecule has 15 heavy (non-hydrogen) atoms. The zero-order chi connectivity index (χ0) is 11.4. The third-order valence-electron chi connectivity index (χ3n) is 1.71. The van der Waals surface area contributed by atoms with Crippen LogP contribution in [-0.2, 0) is 4.79 Å². The molecule has 8 nitrogen and oxygen atoms in total. The maximum atomic E-state index is 10.7. The maximum absolute atomic E-state index is 10.7. The Morgan fingerprint density at radius 2 is 2.47 bits per heavy atom. The molecule has 0 spiro atoms. The normalized spacial score (nSPS) is 12.1. The van der Waals surface area contributed by atoms with Crippen LogP contribution in [0.1, 0.15) is 0 Å². The zero-order valence-electron chi connectivity index (χ0n) is 7.57. The maximum Gasteiger partial charge on any atom is 0.334 e. The zero-order valence-corrected chi connectivity index (χ0v) is 7.57. The van der Waals surface area contributed by atoms with Gasteiger partial charge in [-0.3, -0.25) is 0 Å². The number of carboxylic acid groups (broad SMARTS) is 1. The molecule has 3 N–H and O–H groups in total. The van der Waals surface area contributed by atoms with Crippen molar-refractivity contribution in [2.75, 3.05) is 11.6 Å². The van der Waals surface area contributed by atoms with Gasteiger partial charge in [-0.25, -0.2) is 14.9 Å². The first-order chi connectivity index (χ1) is 7.07. The van der Waals surface area contributed by atoms with Crippen LogP contribution in [-0.4, -0.2) is 28.7 Å². The van der Waals surface area contributed by atoms with Crippen molar-refractivity contribution >= 4 is 11.9 Å². The summed E-state index contributed by atoms with van der Waals surface area (Å²) in [5, 5.41) is 18.9. The molecule has 0 amide bonds. The molecule has 1 aromatic rings. The minimum atomic E-state index is -1.45. The number of rotatable bonds is 5. The summed E-state index contributed by atoms with van der Waals surface area (Å²) in [6.45, 7) is -0.392. The molecular weight excluding hydrogens is 206 g/mol. The lowest BCUT2D eigenvalue weighted by atomic mass is 10.3. The van der Waals surface area contributed by atoms with Gasteiger partial charge in [0.1, 0.15) is 0 Å². The Morgan fingerprint density at radius 1 is 1.80 bits per heavy atom. The van der Waals surface area contributed by atoms with E-state index >= 15 is 0 Å². The van der Waals surface area contributed by atoms with Crippen molar-refractivity contribution < 1.29 is 19.4 Å². The predicted octanol–water partition coefficient (Wildman–Crippen LogP) is -0.310. The quantitative estimate of drug-likeness (QED) is 0.510. The van der Waals surface area contributed by atoms with E-state index in [1.165, 1.54) is 18.4 Å². The van der Waals surface area contributed by atoms with E-state index in [-0.39, 0.29) is 5.88 Å². The van der Waals surface area contributed by atoms with Gasteiger partial charge in [-0.15, -0.1) is 0 Å². The van der Waals surface area contributed by atoms with Crippen LogP contribution in [0.25, 0.3) is 0 Å². The lowest BCUT2D eigenvalue weighted by Gasteiger charge is -2.16. The van der Waals surface area contributed by atoms with Crippen LogP contribution in [0.15, 0.2) is 22.8 Å². The number of hydrogen-bond acceptors (Lipinski definition) is 5. The fourth-order valence-corrected chi connectivity index (χ4v) is 1.05. The first-order valence-electron chi connectivity index (χ1n) is 3.98. The average molecular weight is 215 g/mol. The number of furan rings is 1. The molecule has 0 bridgehead atoms. The molecule has 0 saturated carbocycles. The smallest absolute Gasteiger partial charge is 0.334 e. The molecular formula is C7H9N3O5. The van der Waals surface area contributed by atoms with Crippen molar-refractivity contribution in [2.24, 2.45) is 5.73 Å². The molecule has 0 fully saturated rings. The van der Waals surface area contributed by atoms with Crippen molar-refractivity contribution in [1.82, 2.24) is 0 Å². The minimum absolute atomic E-state index is 0.169. The van der Waals surface area contributed by atoms with Crippen LogP contribution in [0, 0.1) is 10.1 Å². The molecule has 82 valence electrons. The van der Waals surface area contributed by atoms with Gasteiger partial charge >= 0.3 is 5.97 Å². The number of hydrogen-bond donors (Lipinski definition) is 2. The number of carboxylic acids is 1. The van der Waals surface area contributed by atoms with E-state index in [1.807, 2.05) is 0 Å². The van der Waals surface area contributed by atoms with Gasteiger partial charge in [-0.2, -0.15) is 0 Å². The van der Waals surface area contributed by atoms with Gasteiger partial charge in [-0.1, -0.05) is 0 Å². The highest BCUT2D eigenvalue weighted by Gasteiger charge is 2.35. The average Bonchev–Trinajstić information content (AvgIpc) is 2.64. The molecule has 1 aromatic heterocycles. The highest BCUT2D eigenvalue weighted by Crippen LogP contribution is 2.17. The van der Waals surface area contributed by atoms with Gasteiger partial charge in [0.2, 0.25) is 6.04 Å². The van der Waals surface area contributed by atoms with Crippen molar-refractivity contribution in [1.29, 1.82) is 0 Å². The molecule has 1 rings (SSSR count). The molecule has 0 saturated heterocycles. The third kappa shape index (κ3) is 2.23. The van der Waals surface area contributed by atoms with E-state index in [9.17, 15) is 14.9 Å². The third-order valence-corrected chi connectivity index (χ3v) is 1.71. The van der Waals surface area contributed by atoms with Crippen molar-refractivity contribution in [3.63, 3.8) is 0 Å². The van der Waals surface area contributed by atoms with E-state index in [2.05, 4.69) is 0 Å². The summed E-state index contributed by atoms with van der Waals surface area (Å²) in [6.07, 6.45) is 1.21. The number of hydrazine groups is 1. The molecule has 1 heterocycles. The molecule has 0 aliphatic rings. The fraction of sp³-hybridized carbons (Fsp3) is 0.286. The molecule has 0 unspecified atom stereocenters. The van der Waals surface area contributed by atoms with Crippen LogP contribution in [0.5, 0.6) is 0 Å². The second-order valence-corrected chi connectivity index (χ2v) is 2.62. The SMILES string of the molecule is NC[C@@H](C(=O)O)N(c1ccco1)[N+](=O)[O-]. The summed E-state index contributed by atoms with van der Waals surface area (Å²) in [6, 6.07) is 1.25. The van der Waals surface area contributed by atoms with Crippen molar-refractivity contribution in [2.45, 2.75) is 6.04 Å². The highest BCUT2D eigenvalue weighted by molar-refractivity contribution is 5.77. The van der Waals surface area contributed by atoms with E-state index < -0.39 is 23.6 Å². The number of nitrogens with zero attached hydrogens (tertiary/aromatic N) is 2. The summed E-state index contributed by atoms with van der Waals surface area (Å²) in [5.74, 6) is -1.55. The van der Waals surface area contributed by atoms with Crippen LogP contribution in [0.4, 0.5) is 5.88 Å². The summed E-state index contributed by atoms with van der Waals surface area (Å²) in [5.41, 5.74) is 5.15. The molecule has 8 heteroatoms. The first kappa shape index (κ1) is 11.0. The monoisotopic (exact) mass is 215 g/mol. The van der Waals surface area contributed by atoms with Gasteiger partial charge in [0.15, 0.2) is 5.03 Å². The Kier molecular flexibility index (Phi) is 3.24. The Morgan fingerprint density at radius 3 is 2.80 bits per heavy atom. The van der Waals surface area contributed by atoms with Crippen molar-refractivity contribution in [3.8, 4) is 0 Å². The highest BCUT2D eigenvalue weighted by atomic mass is 16.7. The lowest BCUT2D eigenvalue weighted by molar-refractivity contribution is -0.500. The van der Waals surface area contributed by atoms with E-state index in [4.69, 9.17) is 15.3 Å². The lowest BCUT2D eigenvalue weighted by Crippen LogP contribution is -2.49. The second-order valence-electron chi connectivity index (χ2n) is 2.62. The number of nitro groups is 1. The summed E-state index contributed by atoms with van der Waals surface area (Å²) >= 11 is 0. The summed E-state index contributed by atoms with van der Waals surface area (Å²) < 4.78 is 4.76. The largest absolute Gasteiger partial charge is 0.479 e. The number of aliphatic carboxylic acids is 1. The van der Waals surface area contributed by atoms with Crippen LogP contribution in [0.3, 0.4) is 0 Å². The molecule has 0 aliphatic heterocycles. The number of nitrogens with two attached hydrogens (primary N) is 1. The van der Waals surface area contributed by atoms with E-state index in [1.54, 1.807) is 0 Å². The topological polar surface area (TPSA) is 123 Å². The van der Waals surface area contributed by atoms with Gasteiger partial charge in [-0.05, 0) is 11.1 Å². The van der Waals surface area contributed by atoms with Crippen LogP contribution in [0.2, 0.25) is 0 Å². The van der Waals surface area contributed by atoms with E-state index in [0.717, 1.165) is 0 Å². The first-order valence-corrected chi connectivity index (χ1v) is 3.98. The summed E-state index contributed by atoms with van der Waals surface area (Å²) in [4.78, 5) is 21.4. The molecule has 0 aliphatic carbocycles. The summed E-state index contributed by atoms with van der Waals surface area (Å²) in [7, 11) is 0. The Balaban J connectivity index is 3.02. The standard InChI is InChI=1S/C7H9N3O5/c8-4-5(7(11)12)9(10(13)14)6-2-1-3-15-6/h1-3,5H,4,8H2,(H,11,12)/t5-/m0/s1. The number of carbonyl (C=O) groups is 1. The molecule has 0 aromatic carbocycles. The molecule has 1 atom stereocenters. The van der Waals surface area contributed by atoms with Crippen LogP contribution >= 0.6 is 0 Å². The Labute approximate surface area is 84.0 Å².